The molecule has 0 aromatic heterocycles. The molecule has 0 unspecified atom stereocenters. The Morgan fingerprint density at radius 2 is 1.90 bits per heavy atom. The number of rotatable bonds is 9. The lowest BCUT2D eigenvalue weighted by Gasteiger charge is -2.07. The number of ether oxygens (including phenoxy) is 1. The molecular formula is C15H24N3O3+. The number of benzene rings is 1. The fourth-order valence-electron chi connectivity index (χ4n) is 1.71. The minimum Gasteiger partial charge on any atom is -0.497 e. The highest BCUT2D eigenvalue weighted by Crippen LogP contribution is 2.14. The average molecular weight is 294 g/mol. The zero-order valence-corrected chi connectivity index (χ0v) is 12.6. The van der Waals surface area contributed by atoms with Crippen LogP contribution in [0.15, 0.2) is 24.3 Å². The van der Waals surface area contributed by atoms with Crippen LogP contribution in [-0.2, 0) is 9.59 Å². The molecule has 0 bridgehead atoms. The molecule has 0 heterocycles. The number of nitrogens with two attached hydrogens (primary N) is 1. The molecule has 0 saturated carbocycles. The Labute approximate surface area is 125 Å². The number of quaternary nitrogens is 1. The number of hydrogen-bond acceptors (Lipinski definition) is 3. The Kier molecular flexibility index (Phi) is 7.89. The van der Waals surface area contributed by atoms with Gasteiger partial charge in [-0.2, -0.15) is 0 Å². The minimum atomic E-state index is -0.248. The lowest BCUT2D eigenvalue weighted by molar-refractivity contribution is -0.644. The predicted octanol–water partition coefficient (Wildman–Crippen LogP) is 0.113. The smallest absolute Gasteiger partial charge is 0.275 e. The molecule has 1 rings (SSSR count). The molecule has 1 aromatic rings. The molecule has 6 heteroatoms. The van der Waals surface area contributed by atoms with Crippen LogP contribution in [0, 0.1) is 0 Å². The first-order valence-electron chi connectivity index (χ1n) is 7.18. The highest BCUT2D eigenvalue weighted by Gasteiger charge is 2.07. The van der Waals surface area contributed by atoms with Crippen LogP contribution < -0.4 is 20.7 Å². The van der Waals surface area contributed by atoms with Gasteiger partial charge >= 0.3 is 0 Å². The first-order valence-corrected chi connectivity index (χ1v) is 7.18. The summed E-state index contributed by atoms with van der Waals surface area (Å²) < 4.78 is 5.03. The van der Waals surface area contributed by atoms with Crippen molar-refractivity contribution in [1.29, 1.82) is 0 Å². The molecule has 4 N–H and O–H groups in total. The van der Waals surface area contributed by atoms with Gasteiger partial charge in [0.05, 0.1) is 20.2 Å². The van der Waals surface area contributed by atoms with E-state index in [0.717, 1.165) is 25.1 Å². The van der Waals surface area contributed by atoms with Crippen molar-refractivity contribution in [3.63, 3.8) is 0 Å². The summed E-state index contributed by atoms with van der Waals surface area (Å²) in [7, 11) is 1.58. The summed E-state index contributed by atoms with van der Waals surface area (Å²) in [6.07, 6.45) is 2.20. The van der Waals surface area contributed by atoms with Crippen molar-refractivity contribution in [2.24, 2.45) is 0 Å². The molecule has 0 aliphatic heterocycles. The van der Waals surface area contributed by atoms with Gasteiger partial charge in [0.1, 0.15) is 5.75 Å². The van der Waals surface area contributed by atoms with Crippen LogP contribution in [0.3, 0.4) is 0 Å². The summed E-state index contributed by atoms with van der Waals surface area (Å²) in [5, 5.41) is 7.25. The second-order valence-electron chi connectivity index (χ2n) is 4.69. The molecule has 0 radical (unpaired) electrons. The summed E-state index contributed by atoms with van der Waals surface area (Å²) in [6.45, 7) is 3.38. The van der Waals surface area contributed by atoms with Gasteiger partial charge in [0, 0.05) is 5.69 Å². The predicted molar refractivity (Wildman–Crippen MR) is 81.2 cm³/mol. The van der Waals surface area contributed by atoms with Gasteiger partial charge in [-0.1, -0.05) is 13.3 Å². The van der Waals surface area contributed by atoms with Crippen molar-refractivity contribution in [2.45, 2.75) is 19.8 Å². The number of anilines is 1. The maximum atomic E-state index is 11.7. The monoisotopic (exact) mass is 294 g/mol. The van der Waals surface area contributed by atoms with E-state index in [-0.39, 0.29) is 18.4 Å². The van der Waals surface area contributed by atoms with E-state index in [9.17, 15) is 9.59 Å². The maximum absolute atomic E-state index is 11.7. The fraction of sp³-hybridized carbons (Fsp3) is 0.467. The number of amides is 2. The van der Waals surface area contributed by atoms with Crippen LogP contribution in [0.1, 0.15) is 19.8 Å². The van der Waals surface area contributed by atoms with Crippen LogP contribution >= 0.6 is 0 Å². The van der Waals surface area contributed by atoms with Crippen molar-refractivity contribution in [3.8, 4) is 5.75 Å². The number of hydrogen-bond donors (Lipinski definition) is 3. The van der Waals surface area contributed by atoms with E-state index < -0.39 is 0 Å². The summed E-state index contributed by atoms with van der Waals surface area (Å²) in [5.74, 6) is 0.349. The Hall–Kier alpha value is -2.08. The van der Waals surface area contributed by atoms with Crippen LogP contribution in [-0.4, -0.2) is 38.6 Å². The second kappa shape index (κ2) is 9.77. The molecule has 2 amide bonds. The Morgan fingerprint density at radius 3 is 2.52 bits per heavy atom. The Bertz CT molecular complexity index is 446. The molecule has 0 fully saturated rings. The van der Waals surface area contributed by atoms with Crippen molar-refractivity contribution in [3.05, 3.63) is 24.3 Å². The standard InChI is InChI=1S/C15H23N3O3/c1-3-4-9-16-10-14(19)17-11-15(20)18-12-5-7-13(21-2)8-6-12/h5-8,16H,3-4,9-11H2,1-2H3,(H,17,19)(H,18,20)/p+1. The number of methoxy groups -OCH3 is 1. The number of nitrogens with one attached hydrogen (secondary N) is 2. The molecule has 116 valence electrons. The zero-order chi connectivity index (χ0) is 15.5. The number of unbranched alkanes of at least 4 members (excludes halogenated alkanes) is 1. The Balaban J connectivity index is 2.22. The Morgan fingerprint density at radius 1 is 1.19 bits per heavy atom. The van der Waals surface area contributed by atoms with Crippen LogP contribution in [0.5, 0.6) is 5.75 Å². The van der Waals surface area contributed by atoms with Gasteiger partial charge in [-0.25, -0.2) is 0 Å². The third kappa shape index (κ3) is 7.31. The third-order valence-corrected chi connectivity index (χ3v) is 2.91. The van der Waals surface area contributed by atoms with Gasteiger partial charge in [-0.05, 0) is 30.7 Å². The van der Waals surface area contributed by atoms with Crippen molar-refractivity contribution < 1.29 is 19.6 Å². The highest BCUT2D eigenvalue weighted by atomic mass is 16.5. The first kappa shape index (κ1) is 17.0. The van der Waals surface area contributed by atoms with Gasteiger partial charge in [0.15, 0.2) is 6.54 Å². The molecule has 21 heavy (non-hydrogen) atoms. The SMILES string of the molecule is CCCC[NH2+]CC(=O)NCC(=O)Nc1ccc(OC)cc1. The second-order valence-corrected chi connectivity index (χ2v) is 4.69. The van der Waals surface area contributed by atoms with Gasteiger partial charge in [0.2, 0.25) is 5.91 Å². The third-order valence-electron chi connectivity index (χ3n) is 2.91. The first-order chi connectivity index (χ1) is 10.2. The van der Waals surface area contributed by atoms with E-state index in [0.29, 0.717) is 12.2 Å². The van der Waals surface area contributed by atoms with Crippen LogP contribution in [0.4, 0.5) is 5.69 Å². The summed E-state index contributed by atoms with van der Waals surface area (Å²) in [6, 6.07) is 7.02. The summed E-state index contributed by atoms with van der Waals surface area (Å²) in [5.41, 5.74) is 0.671. The maximum Gasteiger partial charge on any atom is 0.275 e. The van der Waals surface area contributed by atoms with E-state index in [1.54, 1.807) is 31.4 Å². The number of carbonyl (C=O) groups excluding carboxylic acids is 2. The topological polar surface area (TPSA) is 84.0 Å². The van der Waals surface area contributed by atoms with Gasteiger partial charge < -0.3 is 20.7 Å². The molecule has 6 nitrogen and oxygen atoms in total. The van der Waals surface area contributed by atoms with Crippen LogP contribution in [0.2, 0.25) is 0 Å². The average Bonchev–Trinajstić information content (AvgIpc) is 2.50. The van der Waals surface area contributed by atoms with Gasteiger partial charge in [0.25, 0.3) is 5.91 Å². The van der Waals surface area contributed by atoms with Crippen LogP contribution in [0.25, 0.3) is 0 Å². The van der Waals surface area contributed by atoms with E-state index >= 15 is 0 Å². The van der Waals surface area contributed by atoms with Crippen molar-refractivity contribution in [1.82, 2.24) is 5.32 Å². The molecule has 0 aliphatic carbocycles. The zero-order valence-electron chi connectivity index (χ0n) is 12.6. The fourth-order valence-corrected chi connectivity index (χ4v) is 1.71. The quantitative estimate of drug-likeness (QED) is 0.565. The lowest BCUT2D eigenvalue weighted by Crippen LogP contribution is -2.86. The lowest BCUT2D eigenvalue weighted by atomic mass is 10.3. The van der Waals surface area contributed by atoms with Gasteiger partial charge in [-0.15, -0.1) is 0 Å². The summed E-state index contributed by atoms with van der Waals surface area (Å²) >= 11 is 0. The molecule has 0 saturated heterocycles. The molecule has 1 aromatic carbocycles. The largest absolute Gasteiger partial charge is 0.497 e. The molecule has 0 atom stereocenters. The minimum absolute atomic E-state index is 0.0213. The van der Waals surface area contributed by atoms with Gasteiger partial charge in [-0.3, -0.25) is 9.59 Å². The molecule has 0 aliphatic rings. The number of carbonyl (C=O) groups is 2. The normalized spacial score (nSPS) is 10.0. The van der Waals surface area contributed by atoms with E-state index in [1.165, 1.54) is 0 Å². The van der Waals surface area contributed by atoms with E-state index in [1.807, 2.05) is 5.32 Å². The highest BCUT2D eigenvalue weighted by molar-refractivity contribution is 5.94. The van der Waals surface area contributed by atoms with Crippen molar-refractivity contribution >= 4 is 17.5 Å². The molecular weight excluding hydrogens is 270 g/mol. The van der Waals surface area contributed by atoms with E-state index in [4.69, 9.17) is 4.74 Å². The molecule has 0 spiro atoms. The summed E-state index contributed by atoms with van der Waals surface area (Å²) in [4.78, 5) is 23.2. The van der Waals surface area contributed by atoms with E-state index in [2.05, 4.69) is 17.6 Å². The van der Waals surface area contributed by atoms with Crippen molar-refractivity contribution in [2.75, 3.05) is 32.1 Å².